The first-order valence-electron chi connectivity index (χ1n) is 10.5. The number of carbonyl (C=O) groups is 2. The Balaban J connectivity index is 1.59. The van der Waals surface area contributed by atoms with Crippen LogP contribution in [0.3, 0.4) is 0 Å². The first-order chi connectivity index (χ1) is 16.0. The molecule has 170 valence electrons. The summed E-state index contributed by atoms with van der Waals surface area (Å²) in [4.78, 5) is 43.6. The van der Waals surface area contributed by atoms with Gasteiger partial charge in [-0.05, 0) is 38.0 Å². The average molecular weight is 449 g/mol. The number of carbonyl (C=O) groups excluding carboxylic acids is 1. The van der Waals surface area contributed by atoms with Crippen molar-refractivity contribution < 1.29 is 24.2 Å². The number of hydrogen-bond donors (Lipinski definition) is 1. The van der Waals surface area contributed by atoms with Gasteiger partial charge in [0, 0.05) is 36.8 Å². The molecule has 1 saturated heterocycles. The fourth-order valence-electron chi connectivity index (χ4n) is 3.70. The summed E-state index contributed by atoms with van der Waals surface area (Å²) in [6.45, 7) is 2.30. The number of nitrogens with zero attached hydrogens (tertiary/aromatic N) is 5. The van der Waals surface area contributed by atoms with Gasteiger partial charge < -0.3 is 19.5 Å². The molecule has 10 heteroatoms. The van der Waals surface area contributed by atoms with Gasteiger partial charge in [-0.2, -0.15) is 0 Å². The Morgan fingerprint density at radius 3 is 2.58 bits per heavy atom. The number of aromatic nitrogens is 4. The summed E-state index contributed by atoms with van der Waals surface area (Å²) in [5.41, 5.74) is 0.792. The molecule has 0 spiro atoms. The molecule has 1 aliphatic rings. The predicted molar refractivity (Wildman–Crippen MR) is 117 cm³/mol. The van der Waals surface area contributed by atoms with Crippen molar-refractivity contribution in [1.29, 1.82) is 0 Å². The van der Waals surface area contributed by atoms with Crippen LogP contribution in [-0.2, 0) is 0 Å². The predicted octanol–water partition coefficient (Wildman–Crippen LogP) is 2.71. The average Bonchev–Trinajstić information content (AvgIpc) is 2.85. The van der Waals surface area contributed by atoms with E-state index in [0.29, 0.717) is 35.9 Å². The van der Waals surface area contributed by atoms with Crippen molar-refractivity contribution in [3.05, 3.63) is 60.0 Å². The first kappa shape index (κ1) is 22.1. The van der Waals surface area contributed by atoms with Crippen LogP contribution in [0, 0.1) is 0 Å². The molecule has 0 saturated carbocycles. The monoisotopic (exact) mass is 449 g/mol. The van der Waals surface area contributed by atoms with Crippen LogP contribution in [0.1, 0.15) is 40.5 Å². The minimum Gasteiger partial charge on any atom is -0.481 e. The maximum absolute atomic E-state index is 13.6. The zero-order valence-electron chi connectivity index (χ0n) is 18.2. The van der Waals surface area contributed by atoms with E-state index in [2.05, 4.69) is 19.9 Å². The van der Waals surface area contributed by atoms with Crippen molar-refractivity contribution >= 4 is 11.9 Å². The smallest absolute Gasteiger partial charge is 0.335 e. The summed E-state index contributed by atoms with van der Waals surface area (Å²) in [7, 11) is 1.50. The Labute approximate surface area is 190 Å². The maximum Gasteiger partial charge on any atom is 0.335 e. The molecule has 4 rings (SSSR count). The van der Waals surface area contributed by atoms with Crippen molar-refractivity contribution in [2.75, 3.05) is 13.7 Å². The minimum atomic E-state index is -1.06. The lowest BCUT2D eigenvalue weighted by Gasteiger charge is -2.38. The third-order valence-electron chi connectivity index (χ3n) is 5.46. The standard InChI is InChI=1S/C23H23N5O5/c1-14-4-5-16(33-19-12-15(23(30)31)8-11-24-19)13-28(14)22(29)17-6-7-18(32-2)27-20(17)21-25-9-3-10-26-21/h3,6-12,14,16H,4-5,13H2,1-2H3,(H,30,31). The number of ether oxygens (including phenoxy) is 2. The van der Waals surface area contributed by atoms with Gasteiger partial charge in [0.2, 0.25) is 11.8 Å². The number of carboxylic acids is 1. The molecule has 2 unspecified atom stereocenters. The molecule has 0 radical (unpaired) electrons. The van der Waals surface area contributed by atoms with Gasteiger partial charge in [0.15, 0.2) is 5.82 Å². The fraction of sp³-hybridized carbons (Fsp3) is 0.304. The molecule has 2 atom stereocenters. The van der Waals surface area contributed by atoms with E-state index in [9.17, 15) is 14.7 Å². The number of pyridine rings is 2. The lowest BCUT2D eigenvalue weighted by atomic mass is 9.99. The molecule has 3 aromatic heterocycles. The second-order valence-electron chi connectivity index (χ2n) is 7.63. The largest absolute Gasteiger partial charge is 0.481 e. The number of aromatic carboxylic acids is 1. The number of rotatable bonds is 6. The third kappa shape index (κ3) is 4.89. The van der Waals surface area contributed by atoms with Gasteiger partial charge in [-0.25, -0.2) is 24.7 Å². The van der Waals surface area contributed by atoms with Gasteiger partial charge in [0.25, 0.3) is 5.91 Å². The highest BCUT2D eigenvalue weighted by Gasteiger charge is 2.33. The van der Waals surface area contributed by atoms with Crippen LogP contribution in [0.2, 0.25) is 0 Å². The summed E-state index contributed by atoms with van der Waals surface area (Å²) in [6.07, 6.45) is 5.66. The molecule has 0 aromatic carbocycles. The van der Waals surface area contributed by atoms with E-state index in [0.717, 1.165) is 6.42 Å². The van der Waals surface area contributed by atoms with Crippen LogP contribution in [-0.4, -0.2) is 67.6 Å². The third-order valence-corrected chi connectivity index (χ3v) is 5.46. The van der Waals surface area contributed by atoms with Crippen molar-refractivity contribution in [3.63, 3.8) is 0 Å². The Hall–Kier alpha value is -4.08. The van der Waals surface area contributed by atoms with Crippen molar-refractivity contribution in [1.82, 2.24) is 24.8 Å². The second kappa shape index (κ2) is 9.60. The Morgan fingerprint density at radius 1 is 1.06 bits per heavy atom. The van der Waals surface area contributed by atoms with E-state index < -0.39 is 5.97 Å². The number of hydrogen-bond acceptors (Lipinski definition) is 8. The quantitative estimate of drug-likeness (QED) is 0.604. The SMILES string of the molecule is COc1ccc(C(=O)N2CC(Oc3cc(C(=O)O)ccn3)CCC2C)c(-c2ncccn2)n1. The summed E-state index contributed by atoms with van der Waals surface area (Å²) in [6, 6.07) is 7.73. The van der Waals surface area contributed by atoms with E-state index in [-0.39, 0.29) is 29.5 Å². The van der Waals surface area contributed by atoms with Crippen LogP contribution in [0.4, 0.5) is 0 Å². The molecule has 1 fully saturated rings. The van der Waals surface area contributed by atoms with Crippen LogP contribution in [0.25, 0.3) is 11.5 Å². The zero-order valence-corrected chi connectivity index (χ0v) is 18.2. The van der Waals surface area contributed by atoms with Crippen molar-refractivity contribution in [2.24, 2.45) is 0 Å². The summed E-state index contributed by atoms with van der Waals surface area (Å²) < 4.78 is 11.2. The van der Waals surface area contributed by atoms with Gasteiger partial charge in [0.1, 0.15) is 11.8 Å². The molecule has 1 N–H and O–H groups in total. The summed E-state index contributed by atoms with van der Waals surface area (Å²) in [5, 5.41) is 9.19. The zero-order chi connectivity index (χ0) is 23.4. The Bertz CT molecular complexity index is 1160. The molecule has 1 aliphatic heterocycles. The van der Waals surface area contributed by atoms with Gasteiger partial charge in [0.05, 0.1) is 24.8 Å². The Kier molecular flexibility index (Phi) is 6.43. The highest BCUT2D eigenvalue weighted by atomic mass is 16.5. The molecule has 0 bridgehead atoms. The van der Waals surface area contributed by atoms with E-state index in [4.69, 9.17) is 9.47 Å². The van der Waals surface area contributed by atoms with E-state index in [1.54, 1.807) is 35.5 Å². The number of likely N-dealkylation sites (tertiary alicyclic amines) is 1. The normalized spacial score (nSPS) is 17.9. The lowest BCUT2D eigenvalue weighted by Crippen LogP contribution is -2.49. The number of carboxylic acid groups (broad SMARTS) is 1. The van der Waals surface area contributed by atoms with E-state index >= 15 is 0 Å². The van der Waals surface area contributed by atoms with Gasteiger partial charge in [-0.1, -0.05) is 0 Å². The van der Waals surface area contributed by atoms with E-state index in [1.807, 2.05) is 6.92 Å². The topological polar surface area (TPSA) is 128 Å². The maximum atomic E-state index is 13.6. The minimum absolute atomic E-state index is 0.0256. The second-order valence-corrected chi connectivity index (χ2v) is 7.63. The van der Waals surface area contributed by atoms with Gasteiger partial charge in [-0.3, -0.25) is 4.79 Å². The summed E-state index contributed by atoms with van der Waals surface area (Å²) >= 11 is 0. The molecule has 3 aromatic rings. The highest BCUT2D eigenvalue weighted by molar-refractivity contribution is 5.99. The van der Waals surface area contributed by atoms with Crippen molar-refractivity contribution in [2.45, 2.75) is 31.9 Å². The van der Waals surface area contributed by atoms with Crippen molar-refractivity contribution in [3.8, 4) is 23.3 Å². The van der Waals surface area contributed by atoms with Crippen LogP contribution in [0.15, 0.2) is 48.9 Å². The summed E-state index contributed by atoms with van der Waals surface area (Å²) in [5.74, 6) is -0.385. The van der Waals surface area contributed by atoms with Crippen LogP contribution >= 0.6 is 0 Å². The molecule has 10 nitrogen and oxygen atoms in total. The lowest BCUT2D eigenvalue weighted by molar-refractivity contribution is 0.0373. The molecule has 4 heterocycles. The van der Waals surface area contributed by atoms with Crippen LogP contribution in [0.5, 0.6) is 11.8 Å². The highest BCUT2D eigenvalue weighted by Crippen LogP contribution is 2.27. The Morgan fingerprint density at radius 2 is 1.85 bits per heavy atom. The number of amides is 1. The molecular weight excluding hydrogens is 426 g/mol. The van der Waals surface area contributed by atoms with Crippen LogP contribution < -0.4 is 9.47 Å². The molecule has 33 heavy (non-hydrogen) atoms. The fourth-order valence-corrected chi connectivity index (χ4v) is 3.70. The first-order valence-corrected chi connectivity index (χ1v) is 10.5. The van der Waals surface area contributed by atoms with E-state index in [1.165, 1.54) is 25.4 Å². The van der Waals surface area contributed by atoms with Gasteiger partial charge in [-0.15, -0.1) is 0 Å². The van der Waals surface area contributed by atoms with Gasteiger partial charge >= 0.3 is 5.97 Å². The molecule has 1 amide bonds. The number of methoxy groups -OCH3 is 1. The molecule has 0 aliphatic carbocycles. The molecular formula is C23H23N5O5. The number of piperidine rings is 1.